The lowest BCUT2D eigenvalue weighted by atomic mass is 9.78. The highest BCUT2D eigenvalue weighted by Gasteiger charge is 2.62. The fraction of sp³-hybridized carbons (Fsp3) is 0.0400. The minimum Gasteiger partial charge on any atom is -0.243 e. The molecule has 2 aliphatic heterocycles. The van der Waals surface area contributed by atoms with Crippen LogP contribution >= 0.6 is 31.9 Å². The number of nitrogens with zero attached hydrogens (tertiary/aromatic N) is 4. The zero-order valence-corrected chi connectivity index (χ0v) is 33.2. The fourth-order valence-corrected chi connectivity index (χ4v) is 9.43. The predicted molar refractivity (Wildman–Crippen MR) is 239 cm³/mol. The van der Waals surface area contributed by atoms with Gasteiger partial charge in [-0.05, 0) is 33.7 Å². The highest BCUT2D eigenvalue weighted by Crippen LogP contribution is 2.59. The van der Waals surface area contributed by atoms with Gasteiger partial charge < -0.3 is 0 Å². The third-order valence-corrected chi connectivity index (χ3v) is 12.0. The zero-order valence-electron chi connectivity index (χ0n) is 30.0. The van der Waals surface area contributed by atoms with Gasteiger partial charge in [0, 0.05) is 42.3 Å². The van der Waals surface area contributed by atoms with E-state index in [0.717, 1.165) is 86.7 Å². The van der Waals surface area contributed by atoms with E-state index in [9.17, 15) is 0 Å². The van der Waals surface area contributed by atoms with E-state index in [1.54, 1.807) is 0 Å². The van der Waals surface area contributed by atoms with Crippen LogP contribution in [0.1, 0.15) is 33.4 Å². The Hall–Kier alpha value is -6.08. The van der Waals surface area contributed by atoms with Crippen LogP contribution in [0.15, 0.2) is 223 Å². The molecule has 4 nitrogen and oxygen atoms in total. The van der Waals surface area contributed by atoms with Crippen LogP contribution in [0.2, 0.25) is 0 Å². The van der Waals surface area contributed by atoms with Crippen LogP contribution in [-0.2, 0) is 11.3 Å². The van der Waals surface area contributed by atoms with Crippen molar-refractivity contribution in [2.24, 2.45) is 20.0 Å². The van der Waals surface area contributed by atoms with Crippen LogP contribution in [0.25, 0.3) is 21.5 Å². The van der Waals surface area contributed by atoms with Gasteiger partial charge in [-0.25, -0.2) is 20.0 Å². The molecule has 0 aromatic heterocycles. The number of halogens is 2. The Morgan fingerprint density at radius 2 is 0.554 bits per heavy atom. The summed E-state index contributed by atoms with van der Waals surface area (Å²) >= 11 is 8.20. The third-order valence-electron chi connectivity index (χ3n) is 10.7. The topological polar surface area (TPSA) is 49.4 Å². The molecule has 0 saturated carbocycles. The first-order valence-corrected chi connectivity index (χ1v) is 20.1. The highest BCUT2D eigenvalue weighted by atomic mass is 79.9. The summed E-state index contributed by atoms with van der Waals surface area (Å²) in [6, 6.07) is 66.8. The first kappa shape index (κ1) is 34.4. The maximum atomic E-state index is 6.01. The molecule has 6 heteroatoms. The molecule has 0 fully saturated rings. The molecule has 10 rings (SSSR count). The number of hydrogen-bond acceptors (Lipinski definition) is 4. The first-order valence-electron chi connectivity index (χ1n) is 18.5. The van der Waals surface area contributed by atoms with Crippen LogP contribution in [0.3, 0.4) is 0 Å². The molecule has 0 N–H and O–H groups in total. The summed E-state index contributed by atoms with van der Waals surface area (Å²) in [5.74, 6) is 0. The van der Waals surface area contributed by atoms with Crippen molar-refractivity contribution in [1.29, 1.82) is 0 Å². The summed E-state index contributed by atoms with van der Waals surface area (Å²) < 4.78 is 1.72. The third kappa shape index (κ3) is 5.47. The van der Waals surface area contributed by atoms with Crippen molar-refractivity contribution in [3.05, 3.63) is 236 Å². The number of fused-ring (bicyclic) bond motifs is 2. The van der Waals surface area contributed by atoms with E-state index < -0.39 is 11.3 Å². The Kier molecular flexibility index (Phi) is 8.54. The maximum absolute atomic E-state index is 6.01. The van der Waals surface area contributed by atoms with Gasteiger partial charge in [-0.3, -0.25) is 0 Å². The molecule has 0 atom stereocenters. The number of aliphatic imine (C=N–C) groups is 4. The van der Waals surface area contributed by atoms with Gasteiger partial charge in [0.05, 0.1) is 22.8 Å². The molecule has 0 spiro atoms. The second-order valence-corrected chi connectivity index (χ2v) is 15.6. The molecular weight excluding hydrogens is 816 g/mol. The summed E-state index contributed by atoms with van der Waals surface area (Å²) in [4.78, 5) is 24.0. The molecule has 0 aliphatic carbocycles. The first-order chi connectivity index (χ1) is 27.6. The van der Waals surface area contributed by atoms with E-state index in [-0.39, 0.29) is 0 Å². The summed E-state index contributed by atoms with van der Waals surface area (Å²) in [6.45, 7) is 0. The minimum absolute atomic E-state index is 0.771. The minimum atomic E-state index is -1.48. The summed E-state index contributed by atoms with van der Waals surface area (Å²) in [6.07, 6.45) is 0. The zero-order chi connectivity index (χ0) is 37.7. The van der Waals surface area contributed by atoms with Gasteiger partial charge in [0.2, 0.25) is 11.3 Å². The van der Waals surface area contributed by atoms with Gasteiger partial charge in [-0.15, -0.1) is 0 Å². The predicted octanol–water partition coefficient (Wildman–Crippen LogP) is 12.5. The number of benzene rings is 8. The summed E-state index contributed by atoms with van der Waals surface area (Å²) in [7, 11) is 0. The Balaban J connectivity index is 1.46. The molecule has 0 amide bonds. The van der Waals surface area contributed by atoms with E-state index in [1.807, 2.05) is 24.3 Å². The summed E-state index contributed by atoms with van der Waals surface area (Å²) in [5, 5.41) is 4.14. The molecule has 0 unspecified atom stereocenters. The number of rotatable bonds is 7. The highest BCUT2D eigenvalue weighted by molar-refractivity contribution is 9.10. The molecule has 266 valence electrons. The average Bonchev–Trinajstić information content (AvgIpc) is 3.87. The van der Waals surface area contributed by atoms with E-state index in [0.29, 0.717) is 0 Å². The van der Waals surface area contributed by atoms with Crippen LogP contribution < -0.4 is 0 Å². The molecular formula is C50H32Br2N4. The Bertz CT molecular complexity index is 2610. The van der Waals surface area contributed by atoms with Gasteiger partial charge in [-0.1, -0.05) is 214 Å². The van der Waals surface area contributed by atoms with Crippen molar-refractivity contribution in [3.63, 3.8) is 0 Å². The molecule has 0 bridgehead atoms. The lowest BCUT2D eigenvalue weighted by molar-refractivity contribution is 0.259. The Morgan fingerprint density at radius 1 is 0.286 bits per heavy atom. The fourth-order valence-electron chi connectivity index (χ4n) is 8.18. The molecule has 8 aromatic carbocycles. The maximum Gasteiger partial charge on any atom is 0.228 e. The lowest BCUT2D eigenvalue weighted by Gasteiger charge is -2.40. The van der Waals surface area contributed by atoms with Crippen molar-refractivity contribution in [2.45, 2.75) is 11.3 Å². The van der Waals surface area contributed by atoms with Crippen molar-refractivity contribution < 1.29 is 0 Å². The molecule has 2 aliphatic rings. The Morgan fingerprint density at radius 3 is 0.857 bits per heavy atom. The molecule has 0 saturated heterocycles. The monoisotopic (exact) mass is 846 g/mol. The van der Waals surface area contributed by atoms with E-state index in [1.165, 1.54) is 0 Å². The normalized spacial score (nSPS) is 15.7. The van der Waals surface area contributed by atoms with Crippen LogP contribution in [0.5, 0.6) is 0 Å². The smallest absolute Gasteiger partial charge is 0.228 e. The molecule has 2 heterocycles. The lowest BCUT2D eigenvalue weighted by Crippen LogP contribution is -2.44. The van der Waals surface area contributed by atoms with Crippen LogP contribution in [-0.4, -0.2) is 22.8 Å². The largest absolute Gasteiger partial charge is 0.243 e. The van der Waals surface area contributed by atoms with E-state index in [4.69, 9.17) is 20.0 Å². The van der Waals surface area contributed by atoms with Gasteiger partial charge in [-0.2, -0.15) is 0 Å². The van der Waals surface area contributed by atoms with E-state index in [2.05, 4.69) is 202 Å². The SMILES string of the molecule is Brc1ccc2ccccc2c1C1(C2(c3c(Br)ccc4ccccc34)N=C(c3ccccc3)C(c3ccccc3)=N2)N=C(c2ccccc2)C(c2ccccc2)=N1. The van der Waals surface area contributed by atoms with Gasteiger partial charge >= 0.3 is 0 Å². The molecule has 56 heavy (non-hydrogen) atoms. The quantitative estimate of drug-likeness (QED) is 0.153. The second-order valence-electron chi connectivity index (χ2n) is 13.9. The second kappa shape index (κ2) is 13.9. The van der Waals surface area contributed by atoms with Crippen molar-refractivity contribution >= 4 is 76.3 Å². The van der Waals surface area contributed by atoms with Crippen LogP contribution in [0.4, 0.5) is 0 Å². The van der Waals surface area contributed by atoms with Gasteiger partial charge in [0.15, 0.2) is 0 Å². The van der Waals surface area contributed by atoms with Crippen LogP contribution in [0, 0.1) is 0 Å². The van der Waals surface area contributed by atoms with Gasteiger partial charge in [0.25, 0.3) is 0 Å². The van der Waals surface area contributed by atoms with E-state index >= 15 is 0 Å². The standard InChI is InChI=1S/C50H32Br2N4/c51-41-31-29-33-17-13-15-27-39(33)43(41)49(53-45(35-19-5-1-6-20-35)46(54-49)36-21-7-2-8-22-36)50(44-40-28-16-14-18-34(40)30-32-42(44)52)55-47(37-23-9-3-10-24-37)48(56-50)38-25-11-4-12-26-38/h1-32H. The number of hydrogen-bond donors (Lipinski definition) is 0. The average molecular weight is 849 g/mol. The van der Waals surface area contributed by atoms with Gasteiger partial charge in [0.1, 0.15) is 0 Å². The summed E-state index contributed by atoms with van der Waals surface area (Å²) in [5.41, 5.74) is 5.71. The Labute approximate surface area is 342 Å². The molecule has 0 radical (unpaired) electrons. The van der Waals surface area contributed by atoms with Crippen molar-refractivity contribution in [3.8, 4) is 0 Å². The van der Waals surface area contributed by atoms with Crippen molar-refractivity contribution in [2.75, 3.05) is 0 Å². The molecule has 8 aromatic rings. The van der Waals surface area contributed by atoms with Crippen molar-refractivity contribution in [1.82, 2.24) is 0 Å².